The van der Waals surface area contributed by atoms with Gasteiger partial charge in [-0.3, -0.25) is 9.99 Å². The van der Waals surface area contributed by atoms with Crippen LogP contribution in [-0.4, -0.2) is 35.5 Å². The lowest BCUT2D eigenvalue weighted by atomic mass is 9.89. The number of pyridine rings is 1. The number of nitrogens with zero attached hydrogens (tertiary/aromatic N) is 3. The normalized spacial score (nSPS) is 13.0. The first-order valence-electron chi connectivity index (χ1n) is 9.07. The van der Waals surface area contributed by atoms with Crippen LogP contribution in [0.15, 0.2) is 47.7 Å². The van der Waals surface area contributed by atoms with Crippen LogP contribution in [0.25, 0.3) is 6.08 Å². The first-order chi connectivity index (χ1) is 14.7. The van der Waals surface area contributed by atoms with Gasteiger partial charge in [-0.2, -0.15) is 13.9 Å². The minimum absolute atomic E-state index is 0.195. The average Bonchev–Trinajstić information content (AvgIpc) is 2.72. The largest absolute Gasteiger partial charge is 0.463 e. The van der Waals surface area contributed by atoms with Gasteiger partial charge in [-0.05, 0) is 36.3 Å². The van der Waals surface area contributed by atoms with Crippen molar-refractivity contribution < 1.29 is 27.1 Å². The van der Waals surface area contributed by atoms with Crippen molar-refractivity contribution in [3.63, 3.8) is 0 Å². The minimum atomic E-state index is -3.71. The van der Waals surface area contributed by atoms with Gasteiger partial charge in [-0.1, -0.05) is 12.1 Å². The standard InChI is InChI=1S/C20H21F4N5O2/c1-2-31-19(30)8-4-13-3-7-18(27-10-13)20(23,24)16(11-29(26)12-28-25)15-6-5-14(21)9-17(15)22/h3-10,12,16H,2,11,25-26H2,1H3/b8-4+,28-12-. The Kier molecular flexibility index (Phi) is 8.08. The molecule has 166 valence electrons. The molecule has 0 amide bonds. The molecular weight excluding hydrogens is 418 g/mol. The van der Waals surface area contributed by atoms with E-state index in [9.17, 15) is 13.6 Å². The number of ether oxygens (including phenoxy) is 1. The topological polar surface area (TPSA) is 107 Å². The number of rotatable bonds is 9. The van der Waals surface area contributed by atoms with E-state index in [1.807, 2.05) is 0 Å². The molecule has 0 bridgehead atoms. The third-order valence-corrected chi connectivity index (χ3v) is 4.21. The Labute approximate surface area is 176 Å². The molecule has 1 heterocycles. The maximum atomic E-state index is 15.4. The van der Waals surface area contributed by atoms with E-state index in [0.29, 0.717) is 11.6 Å². The number of carbonyl (C=O) groups is 1. The van der Waals surface area contributed by atoms with Gasteiger partial charge in [0, 0.05) is 24.9 Å². The van der Waals surface area contributed by atoms with E-state index >= 15 is 8.78 Å². The number of benzene rings is 1. The van der Waals surface area contributed by atoms with Crippen molar-refractivity contribution in [1.29, 1.82) is 0 Å². The molecular formula is C20H21F4N5O2. The molecule has 2 rings (SSSR count). The second kappa shape index (κ2) is 10.5. The van der Waals surface area contributed by atoms with Crippen molar-refractivity contribution in [3.05, 3.63) is 71.1 Å². The number of aromatic nitrogens is 1. The quantitative estimate of drug-likeness (QED) is 0.118. The zero-order valence-corrected chi connectivity index (χ0v) is 16.5. The third kappa shape index (κ3) is 6.25. The summed E-state index contributed by atoms with van der Waals surface area (Å²) in [6.45, 7) is 1.25. The molecule has 0 saturated heterocycles. The summed E-state index contributed by atoms with van der Waals surface area (Å²) in [4.78, 5) is 15.1. The number of nitrogens with two attached hydrogens (primary N) is 2. The summed E-state index contributed by atoms with van der Waals surface area (Å²) in [5.74, 6) is 2.37. The summed E-state index contributed by atoms with van der Waals surface area (Å²) in [5, 5.41) is 3.91. The van der Waals surface area contributed by atoms with Crippen LogP contribution in [0.3, 0.4) is 0 Å². The van der Waals surface area contributed by atoms with Crippen LogP contribution in [0, 0.1) is 11.6 Å². The fourth-order valence-corrected chi connectivity index (χ4v) is 2.77. The summed E-state index contributed by atoms with van der Waals surface area (Å²) in [6, 6.07) is 4.65. The summed E-state index contributed by atoms with van der Waals surface area (Å²) in [7, 11) is 0. The number of esters is 1. The summed E-state index contributed by atoms with van der Waals surface area (Å²) >= 11 is 0. The van der Waals surface area contributed by atoms with Crippen LogP contribution >= 0.6 is 0 Å². The number of hydrogen-bond donors (Lipinski definition) is 2. The Hall–Kier alpha value is -3.47. The number of hydrazine groups is 1. The van der Waals surface area contributed by atoms with Crippen molar-refractivity contribution in [2.24, 2.45) is 16.8 Å². The van der Waals surface area contributed by atoms with Gasteiger partial charge in [0.1, 0.15) is 23.7 Å². The Morgan fingerprint density at radius 2 is 2.06 bits per heavy atom. The molecule has 1 unspecified atom stereocenters. The molecule has 4 N–H and O–H groups in total. The van der Waals surface area contributed by atoms with Crippen LogP contribution in [-0.2, 0) is 15.5 Å². The lowest BCUT2D eigenvalue weighted by Gasteiger charge is -2.29. The summed E-state index contributed by atoms with van der Waals surface area (Å²) in [5.41, 5.74) is -0.763. The van der Waals surface area contributed by atoms with Crippen molar-refractivity contribution in [3.8, 4) is 0 Å². The Bertz CT molecular complexity index is 951. The zero-order valence-electron chi connectivity index (χ0n) is 16.5. The fraction of sp³-hybridized carbons (Fsp3) is 0.250. The molecule has 31 heavy (non-hydrogen) atoms. The predicted octanol–water partition coefficient (Wildman–Crippen LogP) is 2.89. The molecule has 0 aliphatic heterocycles. The van der Waals surface area contributed by atoms with E-state index in [1.165, 1.54) is 12.1 Å². The van der Waals surface area contributed by atoms with Crippen LogP contribution in [0.1, 0.15) is 29.7 Å². The van der Waals surface area contributed by atoms with Gasteiger partial charge >= 0.3 is 5.97 Å². The molecule has 1 atom stereocenters. The number of halogens is 4. The number of hydrazone groups is 1. The highest BCUT2D eigenvalue weighted by Crippen LogP contribution is 2.42. The van der Waals surface area contributed by atoms with Crippen LogP contribution in [0.4, 0.5) is 17.6 Å². The summed E-state index contributed by atoms with van der Waals surface area (Å²) < 4.78 is 63.1. The monoisotopic (exact) mass is 439 g/mol. The first-order valence-corrected chi connectivity index (χ1v) is 9.07. The maximum absolute atomic E-state index is 15.4. The predicted molar refractivity (Wildman–Crippen MR) is 106 cm³/mol. The first kappa shape index (κ1) is 23.8. The Balaban J connectivity index is 2.38. The van der Waals surface area contributed by atoms with E-state index in [1.54, 1.807) is 6.92 Å². The third-order valence-electron chi connectivity index (χ3n) is 4.21. The molecule has 7 nitrogen and oxygen atoms in total. The van der Waals surface area contributed by atoms with E-state index in [0.717, 1.165) is 41.8 Å². The highest BCUT2D eigenvalue weighted by Gasteiger charge is 2.45. The Morgan fingerprint density at radius 1 is 1.32 bits per heavy atom. The van der Waals surface area contributed by atoms with Crippen molar-refractivity contribution in [2.75, 3.05) is 13.2 Å². The van der Waals surface area contributed by atoms with Gasteiger partial charge in [0.25, 0.3) is 5.92 Å². The molecule has 1 aromatic heterocycles. The van der Waals surface area contributed by atoms with Gasteiger partial charge in [0.15, 0.2) is 0 Å². The van der Waals surface area contributed by atoms with Crippen LogP contribution in [0.5, 0.6) is 0 Å². The fourth-order valence-electron chi connectivity index (χ4n) is 2.77. The van der Waals surface area contributed by atoms with Gasteiger partial charge in [-0.15, -0.1) is 0 Å². The zero-order chi connectivity index (χ0) is 23.0. The lowest BCUT2D eigenvalue weighted by Crippen LogP contribution is -2.40. The van der Waals surface area contributed by atoms with Gasteiger partial charge in [0.2, 0.25) is 0 Å². The molecule has 0 saturated carbocycles. The average molecular weight is 439 g/mol. The van der Waals surface area contributed by atoms with Crippen molar-refractivity contribution >= 4 is 18.4 Å². The number of alkyl halides is 2. The van der Waals surface area contributed by atoms with Crippen LogP contribution < -0.4 is 11.7 Å². The molecule has 1 aromatic carbocycles. The summed E-state index contributed by atoms with van der Waals surface area (Å²) in [6.07, 6.45) is 4.50. The Morgan fingerprint density at radius 3 is 2.65 bits per heavy atom. The van der Waals surface area contributed by atoms with Gasteiger partial charge < -0.3 is 10.6 Å². The number of hydrogen-bond acceptors (Lipinski definition) is 6. The van der Waals surface area contributed by atoms with Gasteiger partial charge in [0.05, 0.1) is 12.5 Å². The molecule has 11 heteroatoms. The van der Waals surface area contributed by atoms with E-state index in [4.69, 9.17) is 16.4 Å². The lowest BCUT2D eigenvalue weighted by molar-refractivity contribution is -0.137. The molecule has 0 aliphatic rings. The van der Waals surface area contributed by atoms with E-state index in [-0.39, 0.29) is 6.61 Å². The molecule has 0 fully saturated rings. The maximum Gasteiger partial charge on any atom is 0.330 e. The highest BCUT2D eigenvalue weighted by molar-refractivity contribution is 5.86. The van der Waals surface area contributed by atoms with E-state index in [2.05, 4.69) is 10.1 Å². The molecule has 0 radical (unpaired) electrons. The molecule has 0 aliphatic carbocycles. The highest BCUT2D eigenvalue weighted by atomic mass is 19.3. The minimum Gasteiger partial charge on any atom is -0.463 e. The smallest absolute Gasteiger partial charge is 0.330 e. The van der Waals surface area contributed by atoms with Crippen molar-refractivity contribution in [2.45, 2.75) is 18.8 Å². The molecule has 2 aromatic rings. The van der Waals surface area contributed by atoms with Crippen molar-refractivity contribution in [1.82, 2.24) is 9.99 Å². The second-order valence-corrected chi connectivity index (χ2v) is 6.36. The molecule has 0 spiro atoms. The second-order valence-electron chi connectivity index (χ2n) is 6.36. The van der Waals surface area contributed by atoms with Crippen LogP contribution in [0.2, 0.25) is 0 Å². The van der Waals surface area contributed by atoms with E-state index < -0.39 is 47.2 Å². The van der Waals surface area contributed by atoms with Gasteiger partial charge in [-0.25, -0.2) is 19.4 Å². The number of carbonyl (C=O) groups excluding carboxylic acids is 1. The SMILES string of the molecule is CCOC(=O)/C=C/c1ccc(C(F)(F)C(CN(N)/C=N\N)c2ccc(F)cc2F)nc1.